The van der Waals surface area contributed by atoms with Gasteiger partial charge >= 0.3 is 0 Å². The summed E-state index contributed by atoms with van der Waals surface area (Å²) in [5.74, 6) is 2.57. The first-order valence-corrected chi connectivity index (χ1v) is 8.57. The summed E-state index contributed by atoms with van der Waals surface area (Å²) >= 11 is 1.71. The van der Waals surface area contributed by atoms with Gasteiger partial charge in [0.05, 0.1) is 5.75 Å². The van der Waals surface area contributed by atoms with E-state index >= 15 is 0 Å². The first kappa shape index (κ1) is 15.3. The standard InChI is InChI=1S/C10H23NO2S2/c1-5-11-10(9(2)3)8-14-6-7-15(4,12)13/h9-11H,5-8H2,1-4H3. The van der Waals surface area contributed by atoms with Gasteiger partial charge in [-0.25, -0.2) is 8.42 Å². The largest absolute Gasteiger partial charge is 0.313 e. The van der Waals surface area contributed by atoms with Crippen LogP contribution in [0, 0.1) is 5.92 Å². The predicted octanol–water partition coefficient (Wildman–Crippen LogP) is 1.40. The Morgan fingerprint density at radius 3 is 2.33 bits per heavy atom. The minimum Gasteiger partial charge on any atom is -0.313 e. The molecule has 0 aromatic rings. The van der Waals surface area contributed by atoms with Crippen molar-refractivity contribution in [3.63, 3.8) is 0 Å². The molecule has 1 unspecified atom stereocenters. The third-order valence-corrected chi connectivity index (χ3v) is 4.46. The fourth-order valence-electron chi connectivity index (χ4n) is 1.17. The molecule has 0 saturated carbocycles. The van der Waals surface area contributed by atoms with Crippen LogP contribution in [0.1, 0.15) is 20.8 Å². The summed E-state index contributed by atoms with van der Waals surface area (Å²) in [6.07, 6.45) is 1.29. The molecule has 0 aliphatic heterocycles. The SMILES string of the molecule is CCNC(CSCCS(C)(=O)=O)C(C)C. The van der Waals surface area contributed by atoms with Gasteiger partial charge in [-0.1, -0.05) is 20.8 Å². The Labute approximate surface area is 98.3 Å². The molecule has 0 fully saturated rings. The molecule has 0 aliphatic rings. The molecule has 0 aliphatic carbocycles. The van der Waals surface area contributed by atoms with E-state index in [1.807, 2.05) is 0 Å². The highest BCUT2D eigenvalue weighted by Crippen LogP contribution is 2.10. The van der Waals surface area contributed by atoms with Gasteiger partial charge in [0, 0.05) is 23.8 Å². The van der Waals surface area contributed by atoms with Gasteiger partial charge in [-0.15, -0.1) is 0 Å². The summed E-state index contributed by atoms with van der Waals surface area (Å²) in [4.78, 5) is 0. The van der Waals surface area contributed by atoms with Gasteiger partial charge in [-0.05, 0) is 12.5 Å². The smallest absolute Gasteiger partial charge is 0.148 e. The molecule has 5 heteroatoms. The molecule has 0 amide bonds. The number of sulfone groups is 1. The summed E-state index contributed by atoms with van der Waals surface area (Å²) in [6.45, 7) is 7.43. The van der Waals surface area contributed by atoms with E-state index in [0.29, 0.717) is 17.7 Å². The molecule has 1 atom stereocenters. The molecular formula is C10H23NO2S2. The molecule has 1 N–H and O–H groups in total. The third-order valence-electron chi connectivity index (χ3n) is 2.17. The lowest BCUT2D eigenvalue weighted by atomic mass is 10.1. The first-order valence-electron chi connectivity index (χ1n) is 5.35. The number of rotatable bonds is 8. The number of hydrogen-bond donors (Lipinski definition) is 1. The van der Waals surface area contributed by atoms with E-state index in [0.717, 1.165) is 12.3 Å². The molecule has 15 heavy (non-hydrogen) atoms. The van der Waals surface area contributed by atoms with Crippen LogP contribution >= 0.6 is 11.8 Å². The highest BCUT2D eigenvalue weighted by Gasteiger charge is 2.12. The Morgan fingerprint density at radius 1 is 1.33 bits per heavy atom. The molecule has 0 radical (unpaired) electrons. The maximum Gasteiger partial charge on any atom is 0.148 e. The van der Waals surface area contributed by atoms with Gasteiger partial charge in [0.15, 0.2) is 0 Å². The molecule has 0 aromatic heterocycles. The lowest BCUT2D eigenvalue weighted by molar-refractivity contribution is 0.443. The molecule has 3 nitrogen and oxygen atoms in total. The Morgan fingerprint density at radius 2 is 1.93 bits per heavy atom. The molecule has 0 heterocycles. The van der Waals surface area contributed by atoms with Crippen LogP contribution in [-0.2, 0) is 9.84 Å². The number of nitrogens with one attached hydrogen (secondary N) is 1. The van der Waals surface area contributed by atoms with Gasteiger partial charge in [-0.2, -0.15) is 11.8 Å². The van der Waals surface area contributed by atoms with Crippen LogP contribution in [0.4, 0.5) is 0 Å². The normalized spacial score (nSPS) is 14.5. The van der Waals surface area contributed by atoms with Crippen molar-refractivity contribution in [2.24, 2.45) is 5.92 Å². The Balaban J connectivity index is 3.72. The molecule has 0 spiro atoms. The van der Waals surface area contributed by atoms with Crippen LogP contribution in [0.5, 0.6) is 0 Å². The van der Waals surface area contributed by atoms with Crippen LogP contribution in [0.15, 0.2) is 0 Å². The van der Waals surface area contributed by atoms with Crippen molar-refractivity contribution in [2.45, 2.75) is 26.8 Å². The number of hydrogen-bond acceptors (Lipinski definition) is 4. The maximum atomic E-state index is 10.9. The summed E-state index contributed by atoms with van der Waals surface area (Å²) in [5, 5.41) is 3.41. The fraction of sp³-hybridized carbons (Fsp3) is 1.00. The Bertz CT molecular complexity index is 250. The third kappa shape index (κ3) is 9.20. The lowest BCUT2D eigenvalue weighted by Gasteiger charge is -2.21. The number of thioether (sulfide) groups is 1. The summed E-state index contributed by atoms with van der Waals surface area (Å²) in [5.41, 5.74) is 0. The van der Waals surface area contributed by atoms with Crippen LogP contribution in [-0.4, -0.2) is 44.5 Å². The topological polar surface area (TPSA) is 46.2 Å². The highest BCUT2D eigenvalue weighted by atomic mass is 32.2. The molecule has 0 saturated heterocycles. The van der Waals surface area contributed by atoms with Crippen molar-refractivity contribution in [3.05, 3.63) is 0 Å². The van der Waals surface area contributed by atoms with Gasteiger partial charge in [0.25, 0.3) is 0 Å². The van der Waals surface area contributed by atoms with E-state index in [2.05, 4.69) is 26.1 Å². The van der Waals surface area contributed by atoms with Gasteiger partial charge in [0.2, 0.25) is 0 Å². The van der Waals surface area contributed by atoms with Crippen LogP contribution in [0.2, 0.25) is 0 Å². The van der Waals surface area contributed by atoms with E-state index in [1.54, 1.807) is 11.8 Å². The molecular weight excluding hydrogens is 230 g/mol. The van der Waals surface area contributed by atoms with Crippen molar-refractivity contribution < 1.29 is 8.42 Å². The molecule has 0 aromatic carbocycles. The zero-order valence-corrected chi connectivity index (χ0v) is 11.7. The predicted molar refractivity (Wildman–Crippen MR) is 69.3 cm³/mol. The zero-order valence-electron chi connectivity index (χ0n) is 10.1. The van der Waals surface area contributed by atoms with E-state index in [1.165, 1.54) is 6.26 Å². The Kier molecular flexibility index (Phi) is 7.65. The van der Waals surface area contributed by atoms with Crippen LogP contribution in [0.3, 0.4) is 0 Å². The molecule has 0 bridgehead atoms. The van der Waals surface area contributed by atoms with E-state index in [4.69, 9.17) is 0 Å². The van der Waals surface area contributed by atoms with Crippen LogP contribution in [0.25, 0.3) is 0 Å². The maximum absolute atomic E-state index is 10.9. The van der Waals surface area contributed by atoms with E-state index < -0.39 is 9.84 Å². The highest BCUT2D eigenvalue weighted by molar-refractivity contribution is 8.00. The van der Waals surface area contributed by atoms with Crippen molar-refractivity contribution >= 4 is 21.6 Å². The summed E-state index contributed by atoms with van der Waals surface area (Å²) in [6, 6.07) is 0.486. The van der Waals surface area contributed by atoms with Crippen molar-refractivity contribution in [1.29, 1.82) is 0 Å². The Hall–Kier alpha value is 0.260. The quantitative estimate of drug-likeness (QED) is 0.664. The fourth-order valence-corrected chi connectivity index (χ4v) is 3.78. The zero-order chi connectivity index (χ0) is 11.9. The second-order valence-corrected chi connectivity index (χ2v) is 7.52. The summed E-state index contributed by atoms with van der Waals surface area (Å²) < 4.78 is 21.8. The van der Waals surface area contributed by atoms with Gasteiger partial charge < -0.3 is 5.32 Å². The van der Waals surface area contributed by atoms with E-state index in [-0.39, 0.29) is 5.75 Å². The molecule has 0 rings (SSSR count). The van der Waals surface area contributed by atoms with E-state index in [9.17, 15) is 8.42 Å². The van der Waals surface area contributed by atoms with Crippen molar-refractivity contribution in [2.75, 3.05) is 30.1 Å². The lowest BCUT2D eigenvalue weighted by Crippen LogP contribution is -2.36. The molecule has 92 valence electrons. The second-order valence-electron chi connectivity index (χ2n) is 4.11. The minimum atomic E-state index is -2.80. The minimum absolute atomic E-state index is 0.286. The van der Waals surface area contributed by atoms with Gasteiger partial charge in [-0.3, -0.25) is 0 Å². The average Bonchev–Trinajstić information content (AvgIpc) is 2.08. The first-order chi connectivity index (χ1) is 6.87. The van der Waals surface area contributed by atoms with Crippen molar-refractivity contribution in [3.8, 4) is 0 Å². The summed E-state index contributed by atoms with van der Waals surface area (Å²) in [7, 11) is -2.80. The van der Waals surface area contributed by atoms with Gasteiger partial charge in [0.1, 0.15) is 9.84 Å². The van der Waals surface area contributed by atoms with Crippen molar-refractivity contribution in [1.82, 2.24) is 5.32 Å². The average molecular weight is 253 g/mol. The monoisotopic (exact) mass is 253 g/mol. The van der Waals surface area contributed by atoms with Crippen LogP contribution < -0.4 is 5.32 Å². The second kappa shape index (κ2) is 7.52.